The van der Waals surface area contributed by atoms with Crippen molar-refractivity contribution in [1.82, 2.24) is 9.80 Å². The molecule has 1 aliphatic heterocycles. The van der Waals surface area contributed by atoms with Gasteiger partial charge < -0.3 is 0 Å². The molecule has 2 atom stereocenters. The summed E-state index contributed by atoms with van der Waals surface area (Å²) < 4.78 is 0. The highest BCUT2D eigenvalue weighted by Gasteiger charge is 2.56. The molecule has 4 amide bonds. The fourth-order valence-electron chi connectivity index (χ4n) is 7.40. The molecule has 5 saturated carbocycles. The van der Waals surface area contributed by atoms with E-state index < -0.39 is 17.8 Å². The molecule has 0 radical (unpaired) electrons. The molecule has 0 spiro atoms. The van der Waals surface area contributed by atoms with Crippen molar-refractivity contribution >= 4 is 23.6 Å². The van der Waals surface area contributed by atoms with E-state index in [1.54, 1.807) is 0 Å². The number of carbonyl (C=O) groups excluding carboxylic acids is 4. The van der Waals surface area contributed by atoms with Crippen LogP contribution < -0.4 is 0 Å². The minimum atomic E-state index is -0.805. The first-order valence-corrected chi connectivity index (χ1v) is 11.1. The molecule has 0 unspecified atom stereocenters. The molecule has 5 aliphatic carbocycles. The Bertz CT molecular complexity index is 710. The summed E-state index contributed by atoms with van der Waals surface area (Å²) in [7, 11) is 0. The van der Waals surface area contributed by atoms with Crippen LogP contribution in [0.2, 0.25) is 0 Å². The van der Waals surface area contributed by atoms with Crippen LogP contribution in [0.3, 0.4) is 0 Å². The van der Waals surface area contributed by atoms with Crippen LogP contribution in [-0.2, 0) is 14.4 Å². The molecule has 6 nitrogen and oxygen atoms in total. The summed E-state index contributed by atoms with van der Waals surface area (Å²) in [6.45, 7) is 1.82. The largest absolute Gasteiger partial charge is 0.334 e. The summed E-state index contributed by atoms with van der Waals surface area (Å²) >= 11 is 0. The van der Waals surface area contributed by atoms with Crippen molar-refractivity contribution in [1.29, 1.82) is 0 Å². The molecule has 4 bridgehead atoms. The number of amides is 4. The number of hydrogen-bond acceptors (Lipinski definition) is 4. The van der Waals surface area contributed by atoms with Crippen molar-refractivity contribution in [2.45, 2.75) is 77.2 Å². The number of Topliss-reactive ketones (excluding diaryl/α,β-unsaturated/α-hetero) is 1. The van der Waals surface area contributed by atoms with Crippen LogP contribution in [0.5, 0.6) is 0 Å². The Morgan fingerprint density at radius 2 is 1.50 bits per heavy atom. The first-order chi connectivity index (χ1) is 13.4. The zero-order valence-corrected chi connectivity index (χ0v) is 16.7. The Kier molecular flexibility index (Phi) is 4.18. The summed E-state index contributed by atoms with van der Waals surface area (Å²) in [5.74, 6) is 0.556. The minimum absolute atomic E-state index is 0.0136. The quantitative estimate of drug-likeness (QED) is 0.549. The van der Waals surface area contributed by atoms with E-state index in [9.17, 15) is 19.2 Å². The van der Waals surface area contributed by atoms with Crippen LogP contribution in [-0.4, -0.2) is 46.0 Å². The van der Waals surface area contributed by atoms with Gasteiger partial charge in [0.05, 0.1) is 6.54 Å². The van der Waals surface area contributed by atoms with Crippen molar-refractivity contribution in [2.75, 3.05) is 6.54 Å². The second-order valence-electron chi connectivity index (χ2n) is 10.3. The van der Waals surface area contributed by atoms with E-state index in [4.69, 9.17) is 0 Å². The van der Waals surface area contributed by atoms with E-state index in [0.29, 0.717) is 17.8 Å². The highest BCUT2D eigenvalue weighted by atomic mass is 16.2. The fraction of sp³-hybridized carbons (Fsp3) is 0.818. The van der Waals surface area contributed by atoms with Crippen molar-refractivity contribution in [2.24, 2.45) is 29.1 Å². The first kappa shape index (κ1) is 18.3. The Labute approximate surface area is 166 Å². The van der Waals surface area contributed by atoms with Crippen LogP contribution >= 0.6 is 0 Å². The molecular weight excluding hydrogens is 356 g/mol. The summed E-state index contributed by atoms with van der Waals surface area (Å²) in [5, 5.41) is 0. The molecule has 0 aromatic heterocycles. The molecule has 0 N–H and O–H groups in total. The Hall–Kier alpha value is -1.72. The Morgan fingerprint density at radius 1 is 0.929 bits per heavy atom. The predicted octanol–water partition coefficient (Wildman–Crippen LogP) is 3.14. The number of hydrogen-bond donors (Lipinski definition) is 0. The van der Waals surface area contributed by atoms with Crippen molar-refractivity contribution < 1.29 is 19.2 Å². The normalized spacial score (nSPS) is 42.6. The third kappa shape index (κ3) is 2.66. The van der Waals surface area contributed by atoms with Crippen molar-refractivity contribution in [3.8, 4) is 0 Å². The number of rotatable bonds is 4. The standard InChI is InChI=1S/C22H30N2O4/c1-13-4-2-3-5-17(13)24-20(27)19(26)23(21(24)28)12-18(25)22-9-14-6-15(10-22)8-16(7-14)11-22/h13-17H,2-12H2,1H3/t13-,14?,15?,16?,17-,22?/m0/s1. The minimum Gasteiger partial charge on any atom is -0.297 e. The summed E-state index contributed by atoms with van der Waals surface area (Å²) in [4.78, 5) is 53.6. The fourth-order valence-corrected chi connectivity index (χ4v) is 7.40. The number of carbonyl (C=O) groups is 4. The van der Waals surface area contributed by atoms with E-state index in [1.165, 1.54) is 24.2 Å². The van der Waals surface area contributed by atoms with E-state index in [0.717, 1.165) is 49.8 Å². The van der Waals surface area contributed by atoms with Gasteiger partial charge in [-0.2, -0.15) is 0 Å². The number of nitrogens with zero attached hydrogens (tertiary/aromatic N) is 2. The van der Waals surface area contributed by atoms with E-state index in [-0.39, 0.29) is 29.7 Å². The van der Waals surface area contributed by atoms with Gasteiger partial charge >= 0.3 is 17.8 Å². The highest BCUT2D eigenvalue weighted by molar-refractivity contribution is 6.45. The lowest BCUT2D eigenvalue weighted by molar-refractivity contribution is -0.149. The molecule has 152 valence electrons. The summed E-state index contributed by atoms with van der Waals surface area (Å²) in [5.41, 5.74) is -0.357. The second-order valence-corrected chi connectivity index (χ2v) is 10.3. The zero-order valence-electron chi connectivity index (χ0n) is 16.7. The van der Waals surface area contributed by atoms with Crippen molar-refractivity contribution in [3.63, 3.8) is 0 Å². The predicted molar refractivity (Wildman–Crippen MR) is 101 cm³/mol. The average Bonchev–Trinajstić information content (AvgIpc) is 2.85. The van der Waals surface area contributed by atoms with Crippen molar-refractivity contribution in [3.05, 3.63) is 0 Å². The van der Waals surface area contributed by atoms with E-state index in [1.807, 2.05) is 6.92 Å². The summed E-state index contributed by atoms with van der Waals surface area (Å²) in [6.07, 6.45) is 10.2. The Balaban J connectivity index is 1.34. The lowest BCUT2D eigenvalue weighted by Crippen LogP contribution is -2.53. The topological polar surface area (TPSA) is 74.8 Å². The third-order valence-corrected chi connectivity index (χ3v) is 8.41. The van der Waals surface area contributed by atoms with Gasteiger partial charge in [-0.05, 0) is 75.0 Å². The van der Waals surface area contributed by atoms with Crippen LogP contribution in [0.4, 0.5) is 4.79 Å². The molecule has 28 heavy (non-hydrogen) atoms. The lowest BCUT2D eigenvalue weighted by atomic mass is 9.48. The first-order valence-electron chi connectivity index (χ1n) is 11.1. The van der Waals surface area contributed by atoms with Gasteiger partial charge in [0.25, 0.3) is 0 Å². The molecule has 1 saturated heterocycles. The molecule has 1 heterocycles. The van der Waals surface area contributed by atoms with E-state index in [2.05, 4.69) is 0 Å². The van der Waals surface area contributed by atoms with Gasteiger partial charge in [-0.3, -0.25) is 19.3 Å². The summed E-state index contributed by atoms with van der Waals surface area (Å²) in [6, 6.07) is -0.774. The average molecular weight is 386 g/mol. The molecule has 0 aromatic carbocycles. The van der Waals surface area contributed by atoms with Gasteiger partial charge in [-0.15, -0.1) is 0 Å². The van der Waals surface area contributed by atoms with Gasteiger partial charge in [0, 0.05) is 11.5 Å². The van der Waals surface area contributed by atoms with Crippen LogP contribution in [0.15, 0.2) is 0 Å². The van der Waals surface area contributed by atoms with Crippen LogP contribution in [0.1, 0.15) is 71.1 Å². The van der Waals surface area contributed by atoms with Gasteiger partial charge in [0.2, 0.25) is 0 Å². The smallest absolute Gasteiger partial charge is 0.297 e. The van der Waals surface area contributed by atoms with Gasteiger partial charge in [-0.25, -0.2) is 9.69 Å². The van der Waals surface area contributed by atoms with Gasteiger partial charge in [0.15, 0.2) is 5.78 Å². The monoisotopic (exact) mass is 386 g/mol. The number of ketones is 1. The van der Waals surface area contributed by atoms with Crippen LogP contribution in [0.25, 0.3) is 0 Å². The molecule has 6 aliphatic rings. The van der Waals surface area contributed by atoms with Gasteiger partial charge in [-0.1, -0.05) is 19.8 Å². The number of urea groups is 1. The van der Waals surface area contributed by atoms with Gasteiger partial charge in [0.1, 0.15) is 0 Å². The van der Waals surface area contributed by atoms with E-state index >= 15 is 0 Å². The molecular formula is C22H30N2O4. The lowest BCUT2D eigenvalue weighted by Gasteiger charge is -2.56. The maximum Gasteiger partial charge on any atom is 0.334 e. The Morgan fingerprint density at radius 3 is 2.07 bits per heavy atom. The molecule has 6 heteroatoms. The zero-order chi connectivity index (χ0) is 19.6. The molecule has 0 aromatic rings. The maximum absolute atomic E-state index is 13.3. The number of imide groups is 2. The maximum atomic E-state index is 13.3. The molecule has 6 rings (SSSR count). The SMILES string of the molecule is C[C@H]1CCCC[C@@H]1N1C(=O)C(=O)N(CC(=O)C23CC4CC(CC(C4)C2)C3)C1=O. The third-order valence-electron chi connectivity index (χ3n) is 8.41. The van der Waals surface area contributed by atoms with Crippen LogP contribution in [0, 0.1) is 29.1 Å². The second kappa shape index (κ2) is 6.39. The highest BCUT2D eigenvalue weighted by Crippen LogP contribution is 2.60. The molecule has 6 fully saturated rings.